The first kappa shape index (κ1) is 18.9. The molecule has 27 heavy (non-hydrogen) atoms. The first-order valence-corrected chi connectivity index (χ1v) is 8.90. The Balaban J connectivity index is 1.58. The van der Waals surface area contributed by atoms with Crippen molar-refractivity contribution in [3.05, 3.63) is 47.7 Å². The predicted molar refractivity (Wildman–Crippen MR) is 94.1 cm³/mol. The van der Waals surface area contributed by atoms with Crippen molar-refractivity contribution in [1.29, 1.82) is 0 Å². The average Bonchev–Trinajstić information content (AvgIpc) is 3.28. The third-order valence-corrected chi connectivity index (χ3v) is 4.33. The second-order valence-corrected chi connectivity index (χ2v) is 6.20. The van der Waals surface area contributed by atoms with E-state index in [4.69, 9.17) is 14.2 Å². The highest BCUT2D eigenvalue weighted by atomic mass is 16.7. The molecule has 8 nitrogen and oxygen atoms in total. The van der Waals surface area contributed by atoms with E-state index in [1.807, 2.05) is 30.3 Å². The minimum Gasteiger partial charge on any atom is -0.445 e. The fourth-order valence-corrected chi connectivity index (χ4v) is 3.05. The molecule has 2 amide bonds. The van der Waals surface area contributed by atoms with Crippen molar-refractivity contribution in [2.75, 3.05) is 13.2 Å². The highest BCUT2D eigenvalue weighted by molar-refractivity contribution is 5.91. The van der Waals surface area contributed by atoms with Crippen LogP contribution in [-0.2, 0) is 30.4 Å². The van der Waals surface area contributed by atoms with E-state index in [1.54, 1.807) is 6.92 Å². The quantitative estimate of drug-likeness (QED) is 0.762. The van der Waals surface area contributed by atoms with Crippen molar-refractivity contribution in [3.8, 4) is 0 Å². The number of carbonyl (C=O) groups excluding carboxylic acids is 3. The molecule has 0 saturated carbocycles. The lowest BCUT2D eigenvalue weighted by Crippen LogP contribution is -2.46. The summed E-state index contributed by atoms with van der Waals surface area (Å²) in [6.45, 7) is 2.67. The first-order valence-electron chi connectivity index (χ1n) is 8.90. The van der Waals surface area contributed by atoms with Crippen LogP contribution in [0, 0.1) is 0 Å². The van der Waals surface area contributed by atoms with Crippen molar-refractivity contribution < 1.29 is 28.6 Å². The monoisotopic (exact) mass is 374 g/mol. The van der Waals surface area contributed by atoms with E-state index in [2.05, 4.69) is 5.32 Å². The van der Waals surface area contributed by atoms with E-state index < -0.39 is 30.3 Å². The number of carbonyl (C=O) groups is 3. The summed E-state index contributed by atoms with van der Waals surface area (Å²) in [5.74, 6) is -0.965. The van der Waals surface area contributed by atoms with Crippen LogP contribution in [0.25, 0.3) is 0 Å². The number of amides is 2. The van der Waals surface area contributed by atoms with Crippen molar-refractivity contribution in [1.82, 2.24) is 10.2 Å². The maximum atomic E-state index is 12.6. The number of cyclic esters (lactones) is 1. The van der Waals surface area contributed by atoms with Crippen LogP contribution in [0.15, 0.2) is 42.1 Å². The molecule has 2 heterocycles. The van der Waals surface area contributed by atoms with Crippen LogP contribution in [0.4, 0.5) is 4.79 Å². The number of likely N-dealkylation sites (tertiary alicyclic amines) is 1. The number of rotatable bonds is 6. The minimum absolute atomic E-state index is 0.143. The molecule has 0 spiro atoms. The number of hydrogen-bond donors (Lipinski definition) is 1. The average molecular weight is 374 g/mol. The maximum Gasteiger partial charge on any atom is 0.410 e. The molecule has 3 rings (SSSR count). The van der Waals surface area contributed by atoms with Crippen LogP contribution >= 0.6 is 0 Å². The number of esters is 1. The van der Waals surface area contributed by atoms with E-state index in [1.165, 1.54) is 11.0 Å². The molecule has 1 fully saturated rings. The summed E-state index contributed by atoms with van der Waals surface area (Å²) in [4.78, 5) is 37.8. The lowest BCUT2D eigenvalue weighted by molar-refractivity contribution is -0.159. The van der Waals surface area contributed by atoms with Crippen LogP contribution in [0.5, 0.6) is 0 Å². The molecule has 0 aromatic heterocycles. The zero-order valence-electron chi connectivity index (χ0n) is 15.1. The lowest BCUT2D eigenvalue weighted by atomic mass is 10.2. The lowest BCUT2D eigenvalue weighted by Gasteiger charge is -2.24. The number of nitrogens with zero attached hydrogens (tertiary/aromatic N) is 1. The Morgan fingerprint density at radius 3 is 2.81 bits per heavy atom. The molecule has 0 radical (unpaired) electrons. The fourth-order valence-electron chi connectivity index (χ4n) is 3.05. The van der Waals surface area contributed by atoms with Gasteiger partial charge >= 0.3 is 12.1 Å². The molecular weight excluding hydrogens is 352 g/mol. The SMILES string of the molecule is CCOC1OC(=O)C=C1NC(=O)C1CCCN1C(=O)OCc1ccccc1. The van der Waals surface area contributed by atoms with E-state index in [9.17, 15) is 14.4 Å². The van der Waals surface area contributed by atoms with Gasteiger partial charge in [0.05, 0.1) is 5.70 Å². The smallest absolute Gasteiger partial charge is 0.410 e. The fraction of sp³-hybridized carbons (Fsp3) is 0.421. The van der Waals surface area contributed by atoms with Gasteiger partial charge in [-0.05, 0) is 25.3 Å². The summed E-state index contributed by atoms with van der Waals surface area (Å²) < 4.78 is 15.6. The molecule has 8 heteroatoms. The van der Waals surface area contributed by atoms with Gasteiger partial charge in [0, 0.05) is 19.2 Å². The van der Waals surface area contributed by atoms with Gasteiger partial charge in [0.15, 0.2) is 0 Å². The summed E-state index contributed by atoms with van der Waals surface area (Å²) in [5, 5.41) is 2.65. The summed E-state index contributed by atoms with van der Waals surface area (Å²) in [6.07, 6.45) is 0.942. The molecule has 1 aromatic rings. The molecular formula is C19H22N2O6. The Morgan fingerprint density at radius 1 is 1.30 bits per heavy atom. The van der Waals surface area contributed by atoms with Gasteiger partial charge in [-0.15, -0.1) is 0 Å². The molecule has 0 aliphatic carbocycles. The summed E-state index contributed by atoms with van der Waals surface area (Å²) >= 11 is 0. The molecule has 2 aliphatic rings. The number of nitrogens with one attached hydrogen (secondary N) is 1. The van der Waals surface area contributed by atoms with Gasteiger partial charge in [-0.3, -0.25) is 9.69 Å². The number of hydrogen-bond acceptors (Lipinski definition) is 6. The molecule has 1 N–H and O–H groups in total. The van der Waals surface area contributed by atoms with E-state index in [0.717, 1.165) is 5.56 Å². The van der Waals surface area contributed by atoms with Crippen LogP contribution < -0.4 is 5.32 Å². The summed E-state index contributed by atoms with van der Waals surface area (Å²) in [6, 6.07) is 8.67. The van der Waals surface area contributed by atoms with E-state index in [0.29, 0.717) is 26.0 Å². The summed E-state index contributed by atoms with van der Waals surface area (Å²) in [5.41, 5.74) is 1.12. The van der Waals surface area contributed by atoms with Crippen LogP contribution in [-0.4, -0.2) is 48.4 Å². The van der Waals surface area contributed by atoms with Gasteiger partial charge in [0.1, 0.15) is 12.6 Å². The molecule has 1 aromatic carbocycles. The zero-order chi connectivity index (χ0) is 19.2. The van der Waals surface area contributed by atoms with Crippen LogP contribution in [0.2, 0.25) is 0 Å². The third kappa shape index (κ3) is 4.65. The van der Waals surface area contributed by atoms with Gasteiger partial charge in [-0.2, -0.15) is 0 Å². The van der Waals surface area contributed by atoms with Gasteiger partial charge in [0.25, 0.3) is 0 Å². The van der Waals surface area contributed by atoms with Crippen LogP contribution in [0.3, 0.4) is 0 Å². The third-order valence-electron chi connectivity index (χ3n) is 4.33. The zero-order valence-corrected chi connectivity index (χ0v) is 15.1. The molecule has 144 valence electrons. The Kier molecular flexibility index (Phi) is 6.08. The Morgan fingerprint density at radius 2 is 2.07 bits per heavy atom. The maximum absolute atomic E-state index is 12.6. The standard InChI is InChI=1S/C19H22N2O6/c1-2-25-18-14(11-16(22)27-18)20-17(23)15-9-6-10-21(15)19(24)26-12-13-7-4-3-5-8-13/h3-5,7-8,11,15,18H,2,6,9-10,12H2,1H3,(H,20,23). The minimum atomic E-state index is -0.925. The van der Waals surface area contributed by atoms with Gasteiger partial charge < -0.3 is 19.5 Å². The van der Waals surface area contributed by atoms with Crippen molar-refractivity contribution >= 4 is 18.0 Å². The van der Waals surface area contributed by atoms with Gasteiger partial charge in [-0.1, -0.05) is 30.3 Å². The molecule has 2 aliphatic heterocycles. The van der Waals surface area contributed by atoms with Crippen molar-refractivity contribution in [3.63, 3.8) is 0 Å². The topological polar surface area (TPSA) is 94.2 Å². The second kappa shape index (κ2) is 8.68. The second-order valence-electron chi connectivity index (χ2n) is 6.20. The number of ether oxygens (including phenoxy) is 3. The number of benzene rings is 1. The normalized spacial score (nSPS) is 21.6. The van der Waals surface area contributed by atoms with Gasteiger partial charge in [0.2, 0.25) is 12.2 Å². The Labute approximate surface area is 157 Å². The highest BCUT2D eigenvalue weighted by Crippen LogP contribution is 2.21. The first-order chi connectivity index (χ1) is 13.1. The Bertz CT molecular complexity index is 733. The predicted octanol–water partition coefficient (Wildman–Crippen LogP) is 1.71. The largest absolute Gasteiger partial charge is 0.445 e. The van der Waals surface area contributed by atoms with Crippen LogP contribution in [0.1, 0.15) is 25.3 Å². The summed E-state index contributed by atoms with van der Waals surface area (Å²) in [7, 11) is 0. The Hall–Kier alpha value is -2.87. The van der Waals surface area contributed by atoms with E-state index in [-0.39, 0.29) is 12.3 Å². The van der Waals surface area contributed by atoms with Gasteiger partial charge in [-0.25, -0.2) is 9.59 Å². The molecule has 2 atom stereocenters. The molecule has 1 saturated heterocycles. The van der Waals surface area contributed by atoms with E-state index >= 15 is 0 Å². The molecule has 0 bridgehead atoms. The highest BCUT2D eigenvalue weighted by Gasteiger charge is 2.37. The molecule has 2 unspecified atom stereocenters. The van der Waals surface area contributed by atoms with Crippen molar-refractivity contribution in [2.45, 2.75) is 38.7 Å². The van der Waals surface area contributed by atoms with Crippen molar-refractivity contribution in [2.24, 2.45) is 0 Å².